The van der Waals surface area contributed by atoms with Crippen molar-refractivity contribution in [3.63, 3.8) is 0 Å². The number of anilines is 1. The first-order valence-electron chi connectivity index (χ1n) is 6.43. The average Bonchev–Trinajstić information content (AvgIpc) is 2.79. The fraction of sp³-hybridized carbons (Fsp3) is 0.200. The molecule has 3 aromatic rings. The Morgan fingerprint density at radius 1 is 1.30 bits per heavy atom. The summed E-state index contributed by atoms with van der Waals surface area (Å²) in [4.78, 5) is 4.34. The van der Waals surface area contributed by atoms with E-state index in [-0.39, 0.29) is 5.82 Å². The topological polar surface area (TPSA) is 42.2 Å². The number of rotatable bonds is 3. The van der Waals surface area contributed by atoms with Gasteiger partial charge in [0.25, 0.3) is 0 Å². The number of aryl methyl sites for hydroxylation is 1. The molecule has 0 aliphatic carbocycles. The molecule has 0 unspecified atom stereocenters. The Balaban J connectivity index is 1.81. The lowest BCUT2D eigenvalue weighted by atomic mass is 10.2. The molecule has 0 fully saturated rings. The normalized spacial score (nSPS) is 10.9. The van der Waals surface area contributed by atoms with Crippen molar-refractivity contribution in [3.05, 3.63) is 59.3 Å². The van der Waals surface area contributed by atoms with E-state index in [1.54, 1.807) is 23.7 Å². The van der Waals surface area contributed by atoms with Crippen LogP contribution >= 0.6 is 0 Å². The molecular formula is C15H15FN4. The molecule has 0 radical (unpaired) electrons. The molecule has 0 spiro atoms. The standard InChI is InChI=1S/C15H15FN4/c1-10-6-15-18-8-12(9-20(15)19-10)7-17-14-5-3-4-13(16)11(14)2/h3-6,8-9,17H,7H2,1-2H3. The molecule has 0 bridgehead atoms. The van der Waals surface area contributed by atoms with Gasteiger partial charge in [0.15, 0.2) is 5.65 Å². The summed E-state index contributed by atoms with van der Waals surface area (Å²) in [5.41, 5.74) is 4.17. The highest BCUT2D eigenvalue weighted by Crippen LogP contribution is 2.18. The summed E-state index contributed by atoms with van der Waals surface area (Å²) < 4.78 is 15.2. The molecule has 0 atom stereocenters. The maximum Gasteiger partial charge on any atom is 0.155 e. The van der Waals surface area contributed by atoms with Gasteiger partial charge < -0.3 is 5.32 Å². The summed E-state index contributed by atoms with van der Waals surface area (Å²) >= 11 is 0. The number of hydrogen-bond donors (Lipinski definition) is 1. The van der Waals surface area contributed by atoms with Gasteiger partial charge in [-0.3, -0.25) is 0 Å². The van der Waals surface area contributed by atoms with Gasteiger partial charge in [-0.2, -0.15) is 5.10 Å². The van der Waals surface area contributed by atoms with E-state index in [0.717, 1.165) is 22.6 Å². The fourth-order valence-corrected chi connectivity index (χ4v) is 2.12. The number of benzene rings is 1. The van der Waals surface area contributed by atoms with Crippen LogP contribution in [0.4, 0.5) is 10.1 Å². The predicted octanol–water partition coefficient (Wildman–Crippen LogP) is 3.10. The fourth-order valence-electron chi connectivity index (χ4n) is 2.12. The van der Waals surface area contributed by atoms with Crippen molar-refractivity contribution >= 4 is 11.3 Å². The van der Waals surface area contributed by atoms with E-state index in [2.05, 4.69) is 15.4 Å². The third-order valence-corrected chi connectivity index (χ3v) is 3.24. The second-order valence-electron chi connectivity index (χ2n) is 4.82. The molecular weight excluding hydrogens is 255 g/mol. The van der Waals surface area contributed by atoms with E-state index in [1.165, 1.54) is 6.07 Å². The monoisotopic (exact) mass is 270 g/mol. The van der Waals surface area contributed by atoms with Crippen LogP contribution in [0, 0.1) is 19.7 Å². The summed E-state index contributed by atoms with van der Waals surface area (Å²) in [5.74, 6) is -0.203. The smallest absolute Gasteiger partial charge is 0.155 e. The largest absolute Gasteiger partial charge is 0.381 e. The Bertz CT molecular complexity index is 764. The number of nitrogens with one attached hydrogen (secondary N) is 1. The second-order valence-corrected chi connectivity index (χ2v) is 4.82. The van der Waals surface area contributed by atoms with Gasteiger partial charge in [-0.25, -0.2) is 13.9 Å². The first-order valence-corrected chi connectivity index (χ1v) is 6.43. The zero-order chi connectivity index (χ0) is 14.1. The average molecular weight is 270 g/mol. The molecule has 0 aliphatic heterocycles. The van der Waals surface area contributed by atoms with Gasteiger partial charge >= 0.3 is 0 Å². The van der Waals surface area contributed by atoms with Crippen molar-refractivity contribution in [3.8, 4) is 0 Å². The van der Waals surface area contributed by atoms with E-state index in [1.807, 2.05) is 25.3 Å². The zero-order valence-electron chi connectivity index (χ0n) is 11.4. The zero-order valence-corrected chi connectivity index (χ0v) is 11.4. The minimum atomic E-state index is -0.203. The number of hydrogen-bond acceptors (Lipinski definition) is 3. The lowest BCUT2D eigenvalue weighted by Gasteiger charge is -2.10. The first kappa shape index (κ1) is 12.6. The van der Waals surface area contributed by atoms with Crippen molar-refractivity contribution in [2.45, 2.75) is 20.4 Å². The lowest BCUT2D eigenvalue weighted by molar-refractivity contribution is 0.619. The van der Waals surface area contributed by atoms with Crippen molar-refractivity contribution in [2.75, 3.05) is 5.32 Å². The van der Waals surface area contributed by atoms with Gasteiger partial charge in [0.05, 0.1) is 5.69 Å². The molecule has 2 aromatic heterocycles. The first-order chi connectivity index (χ1) is 9.63. The second kappa shape index (κ2) is 4.92. The Kier molecular flexibility index (Phi) is 3.10. The van der Waals surface area contributed by atoms with Crippen LogP contribution in [0.5, 0.6) is 0 Å². The molecule has 1 aromatic carbocycles. The molecule has 0 amide bonds. The van der Waals surface area contributed by atoms with Crippen LogP contribution in [0.1, 0.15) is 16.8 Å². The SMILES string of the molecule is Cc1cc2ncc(CNc3cccc(F)c3C)cn2n1. The Morgan fingerprint density at radius 3 is 3.00 bits per heavy atom. The third-order valence-electron chi connectivity index (χ3n) is 3.24. The van der Waals surface area contributed by atoms with E-state index in [4.69, 9.17) is 0 Å². The van der Waals surface area contributed by atoms with Crippen molar-refractivity contribution < 1.29 is 4.39 Å². The molecule has 2 heterocycles. The summed E-state index contributed by atoms with van der Waals surface area (Å²) in [6.07, 6.45) is 3.73. The van der Waals surface area contributed by atoms with Crippen LogP contribution in [-0.2, 0) is 6.54 Å². The van der Waals surface area contributed by atoms with Crippen LogP contribution in [0.15, 0.2) is 36.7 Å². The van der Waals surface area contributed by atoms with Crippen LogP contribution in [0.2, 0.25) is 0 Å². The Hall–Kier alpha value is -2.43. The van der Waals surface area contributed by atoms with Crippen LogP contribution in [0.25, 0.3) is 5.65 Å². The van der Waals surface area contributed by atoms with Crippen LogP contribution in [0.3, 0.4) is 0 Å². The Morgan fingerprint density at radius 2 is 2.15 bits per heavy atom. The quantitative estimate of drug-likeness (QED) is 0.795. The van der Waals surface area contributed by atoms with Crippen LogP contribution in [-0.4, -0.2) is 14.6 Å². The molecule has 0 saturated carbocycles. The minimum absolute atomic E-state index is 0.203. The molecule has 0 aliphatic rings. The highest BCUT2D eigenvalue weighted by atomic mass is 19.1. The summed E-state index contributed by atoms with van der Waals surface area (Å²) in [6.45, 7) is 4.27. The summed E-state index contributed by atoms with van der Waals surface area (Å²) in [6, 6.07) is 6.94. The maximum atomic E-state index is 13.4. The maximum absolute atomic E-state index is 13.4. The number of nitrogens with zero attached hydrogens (tertiary/aromatic N) is 3. The van der Waals surface area contributed by atoms with E-state index < -0.39 is 0 Å². The van der Waals surface area contributed by atoms with E-state index in [9.17, 15) is 4.39 Å². The molecule has 4 nitrogen and oxygen atoms in total. The molecule has 1 N–H and O–H groups in total. The molecule has 102 valence electrons. The van der Waals surface area contributed by atoms with Gasteiger partial charge in [0.1, 0.15) is 5.82 Å². The van der Waals surface area contributed by atoms with Gasteiger partial charge in [-0.1, -0.05) is 6.07 Å². The third kappa shape index (κ3) is 2.34. The van der Waals surface area contributed by atoms with Gasteiger partial charge in [-0.05, 0) is 26.0 Å². The van der Waals surface area contributed by atoms with E-state index in [0.29, 0.717) is 12.1 Å². The van der Waals surface area contributed by atoms with E-state index >= 15 is 0 Å². The molecule has 20 heavy (non-hydrogen) atoms. The predicted molar refractivity (Wildman–Crippen MR) is 76.2 cm³/mol. The van der Waals surface area contributed by atoms with Crippen molar-refractivity contribution in [1.29, 1.82) is 0 Å². The summed E-state index contributed by atoms with van der Waals surface area (Å²) in [7, 11) is 0. The van der Waals surface area contributed by atoms with Gasteiger partial charge in [0, 0.05) is 41.8 Å². The summed E-state index contributed by atoms with van der Waals surface area (Å²) in [5, 5.41) is 7.55. The number of fused-ring (bicyclic) bond motifs is 1. The highest BCUT2D eigenvalue weighted by molar-refractivity contribution is 5.51. The number of aromatic nitrogens is 3. The van der Waals surface area contributed by atoms with Gasteiger partial charge in [0.2, 0.25) is 0 Å². The van der Waals surface area contributed by atoms with Gasteiger partial charge in [-0.15, -0.1) is 0 Å². The molecule has 0 saturated heterocycles. The lowest BCUT2D eigenvalue weighted by Crippen LogP contribution is -2.04. The van der Waals surface area contributed by atoms with Crippen molar-refractivity contribution in [1.82, 2.24) is 14.6 Å². The molecule has 5 heteroatoms. The van der Waals surface area contributed by atoms with Crippen LogP contribution < -0.4 is 5.32 Å². The molecule has 3 rings (SSSR count). The minimum Gasteiger partial charge on any atom is -0.381 e. The number of halogens is 1. The highest BCUT2D eigenvalue weighted by Gasteiger charge is 2.04. The van der Waals surface area contributed by atoms with Crippen molar-refractivity contribution in [2.24, 2.45) is 0 Å². The Labute approximate surface area is 116 Å².